The van der Waals surface area contributed by atoms with Crippen LogP contribution in [0.5, 0.6) is 0 Å². The number of anilines is 1. The molecule has 1 aliphatic rings. The first kappa shape index (κ1) is 16.8. The van der Waals surface area contributed by atoms with Gasteiger partial charge in [-0.2, -0.15) is 0 Å². The van der Waals surface area contributed by atoms with Gasteiger partial charge < -0.3 is 15.8 Å². The topological polar surface area (TPSA) is 64.3 Å². The van der Waals surface area contributed by atoms with Gasteiger partial charge in [0, 0.05) is 18.3 Å². The first-order valence-corrected chi connectivity index (χ1v) is 8.49. The number of hydrogen-bond donors (Lipinski definition) is 2. The number of carbonyl (C=O) groups excluding carboxylic acids is 1. The van der Waals surface area contributed by atoms with Gasteiger partial charge in [-0.3, -0.25) is 0 Å². The van der Waals surface area contributed by atoms with E-state index in [4.69, 9.17) is 10.5 Å². The lowest BCUT2D eigenvalue weighted by molar-refractivity contribution is 0.0272. The number of benzene rings is 1. The van der Waals surface area contributed by atoms with Gasteiger partial charge in [-0.15, -0.1) is 0 Å². The molecule has 0 bridgehead atoms. The van der Waals surface area contributed by atoms with E-state index in [-0.39, 0.29) is 12.1 Å². The molecule has 1 aromatic rings. The van der Waals surface area contributed by atoms with Crippen LogP contribution in [0.4, 0.5) is 5.69 Å². The number of nitrogen functional groups attached to an aromatic ring is 1. The molecule has 1 saturated carbocycles. The standard InChI is InChI=1S/C18H28N2O2/c1-2-6-17(13-20-16-7-4-3-5-8-16)22-18(21)14-9-11-15(19)12-10-14/h9-12,16-17,20H,2-8,13,19H2,1H3/t17-/m0/s1. The number of carbonyl (C=O) groups is 1. The van der Waals surface area contributed by atoms with Gasteiger partial charge in [0.05, 0.1) is 5.56 Å². The maximum atomic E-state index is 12.2. The number of ether oxygens (including phenoxy) is 1. The van der Waals surface area contributed by atoms with Gasteiger partial charge >= 0.3 is 5.97 Å². The van der Waals surface area contributed by atoms with E-state index in [2.05, 4.69) is 12.2 Å². The smallest absolute Gasteiger partial charge is 0.338 e. The highest BCUT2D eigenvalue weighted by molar-refractivity contribution is 5.89. The van der Waals surface area contributed by atoms with Crippen molar-refractivity contribution in [2.45, 2.75) is 64.0 Å². The van der Waals surface area contributed by atoms with Crippen LogP contribution >= 0.6 is 0 Å². The predicted molar refractivity (Wildman–Crippen MR) is 89.8 cm³/mol. The molecule has 1 aliphatic carbocycles. The van der Waals surface area contributed by atoms with Crippen LogP contribution in [0.25, 0.3) is 0 Å². The molecule has 1 fully saturated rings. The van der Waals surface area contributed by atoms with Gasteiger partial charge in [0.15, 0.2) is 0 Å². The van der Waals surface area contributed by atoms with E-state index >= 15 is 0 Å². The number of esters is 1. The molecule has 4 heteroatoms. The Bertz CT molecular complexity index is 453. The first-order chi connectivity index (χ1) is 10.7. The minimum Gasteiger partial charge on any atom is -0.457 e. The highest BCUT2D eigenvalue weighted by Gasteiger charge is 2.18. The SMILES string of the molecule is CCC[C@@H](CNC1CCCCC1)OC(=O)c1ccc(N)cc1. The van der Waals surface area contributed by atoms with Gasteiger partial charge in [-0.1, -0.05) is 32.6 Å². The summed E-state index contributed by atoms with van der Waals surface area (Å²) in [5.74, 6) is -0.260. The quantitative estimate of drug-likeness (QED) is 0.597. The molecule has 1 atom stereocenters. The third-order valence-electron chi connectivity index (χ3n) is 4.27. The van der Waals surface area contributed by atoms with Crippen LogP contribution in [0.15, 0.2) is 24.3 Å². The molecule has 0 radical (unpaired) electrons. The van der Waals surface area contributed by atoms with Gasteiger partial charge in [-0.25, -0.2) is 4.79 Å². The maximum Gasteiger partial charge on any atom is 0.338 e. The molecule has 0 unspecified atom stereocenters. The average molecular weight is 304 g/mol. The molecule has 3 N–H and O–H groups in total. The van der Waals surface area contributed by atoms with E-state index in [0.29, 0.717) is 17.3 Å². The zero-order valence-electron chi connectivity index (χ0n) is 13.5. The van der Waals surface area contributed by atoms with E-state index < -0.39 is 0 Å². The lowest BCUT2D eigenvalue weighted by atomic mass is 9.95. The predicted octanol–water partition coefficient (Wildman–Crippen LogP) is 3.52. The van der Waals surface area contributed by atoms with Crippen molar-refractivity contribution >= 4 is 11.7 Å². The fourth-order valence-electron chi connectivity index (χ4n) is 2.97. The number of nitrogens with one attached hydrogen (secondary N) is 1. The van der Waals surface area contributed by atoms with Crippen LogP contribution in [0.1, 0.15) is 62.2 Å². The summed E-state index contributed by atoms with van der Waals surface area (Å²) in [5.41, 5.74) is 6.86. The molecule has 22 heavy (non-hydrogen) atoms. The Hall–Kier alpha value is -1.55. The van der Waals surface area contributed by atoms with E-state index in [1.165, 1.54) is 32.1 Å². The second-order valence-corrected chi connectivity index (χ2v) is 6.18. The Balaban J connectivity index is 1.84. The molecule has 2 rings (SSSR count). The lowest BCUT2D eigenvalue weighted by Gasteiger charge is -2.26. The van der Waals surface area contributed by atoms with Crippen LogP contribution in [0.3, 0.4) is 0 Å². The van der Waals surface area contributed by atoms with Crippen molar-refractivity contribution in [1.29, 1.82) is 0 Å². The van der Waals surface area contributed by atoms with E-state index in [1.54, 1.807) is 24.3 Å². The first-order valence-electron chi connectivity index (χ1n) is 8.49. The van der Waals surface area contributed by atoms with Gasteiger partial charge in [0.1, 0.15) is 6.10 Å². The van der Waals surface area contributed by atoms with Crippen molar-refractivity contribution in [3.63, 3.8) is 0 Å². The lowest BCUT2D eigenvalue weighted by Crippen LogP contribution is -2.38. The monoisotopic (exact) mass is 304 g/mol. The van der Waals surface area contributed by atoms with E-state index in [1.807, 2.05) is 0 Å². The molecule has 1 aromatic carbocycles. The van der Waals surface area contributed by atoms with Crippen LogP contribution in [-0.2, 0) is 4.74 Å². The molecular weight excluding hydrogens is 276 g/mol. The molecule has 0 heterocycles. The summed E-state index contributed by atoms with van der Waals surface area (Å²) in [4.78, 5) is 12.2. The van der Waals surface area contributed by atoms with Gasteiger partial charge in [0.2, 0.25) is 0 Å². The fourth-order valence-corrected chi connectivity index (χ4v) is 2.97. The number of hydrogen-bond acceptors (Lipinski definition) is 4. The molecule has 0 aromatic heterocycles. The molecule has 0 amide bonds. The van der Waals surface area contributed by atoms with E-state index in [9.17, 15) is 4.79 Å². The van der Waals surface area contributed by atoms with Crippen molar-refractivity contribution in [3.8, 4) is 0 Å². The Morgan fingerprint density at radius 1 is 1.27 bits per heavy atom. The van der Waals surface area contributed by atoms with Crippen molar-refractivity contribution < 1.29 is 9.53 Å². The fraction of sp³-hybridized carbons (Fsp3) is 0.611. The highest BCUT2D eigenvalue weighted by Crippen LogP contribution is 2.18. The summed E-state index contributed by atoms with van der Waals surface area (Å²) < 4.78 is 5.67. The van der Waals surface area contributed by atoms with Crippen LogP contribution in [-0.4, -0.2) is 24.7 Å². The van der Waals surface area contributed by atoms with Crippen molar-refractivity contribution in [2.24, 2.45) is 0 Å². The normalized spacial score (nSPS) is 17.1. The Kier molecular flexibility index (Phi) is 6.72. The summed E-state index contributed by atoms with van der Waals surface area (Å²) in [6.45, 7) is 2.86. The summed E-state index contributed by atoms with van der Waals surface area (Å²) in [6, 6.07) is 7.48. The Morgan fingerprint density at radius 3 is 2.59 bits per heavy atom. The average Bonchev–Trinajstić information content (AvgIpc) is 2.54. The second kappa shape index (κ2) is 8.79. The largest absolute Gasteiger partial charge is 0.457 e. The minimum absolute atomic E-state index is 0.0584. The molecule has 0 saturated heterocycles. The summed E-state index contributed by atoms with van der Waals surface area (Å²) in [7, 11) is 0. The molecule has 0 spiro atoms. The molecule has 0 aliphatic heterocycles. The third kappa shape index (κ3) is 5.34. The molecule has 4 nitrogen and oxygen atoms in total. The van der Waals surface area contributed by atoms with Gasteiger partial charge in [0.25, 0.3) is 0 Å². The van der Waals surface area contributed by atoms with Crippen molar-refractivity contribution in [2.75, 3.05) is 12.3 Å². The van der Waals surface area contributed by atoms with Gasteiger partial charge in [-0.05, 0) is 43.5 Å². The van der Waals surface area contributed by atoms with Crippen LogP contribution in [0.2, 0.25) is 0 Å². The van der Waals surface area contributed by atoms with Crippen molar-refractivity contribution in [1.82, 2.24) is 5.32 Å². The Morgan fingerprint density at radius 2 is 1.95 bits per heavy atom. The maximum absolute atomic E-state index is 12.2. The summed E-state index contributed by atoms with van der Waals surface area (Å²) in [5, 5.41) is 3.58. The van der Waals surface area contributed by atoms with Crippen LogP contribution < -0.4 is 11.1 Å². The second-order valence-electron chi connectivity index (χ2n) is 6.18. The zero-order valence-corrected chi connectivity index (χ0v) is 13.5. The van der Waals surface area contributed by atoms with Crippen molar-refractivity contribution in [3.05, 3.63) is 29.8 Å². The molecule has 122 valence electrons. The van der Waals surface area contributed by atoms with E-state index in [0.717, 1.165) is 19.4 Å². The summed E-state index contributed by atoms with van der Waals surface area (Å²) >= 11 is 0. The summed E-state index contributed by atoms with van der Waals surface area (Å²) in [6.07, 6.45) is 8.28. The minimum atomic E-state index is -0.260. The third-order valence-corrected chi connectivity index (χ3v) is 4.27. The highest BCUT2D eigenvalue weighted by atomic mass is 16.5. The number of rotatable bonds is 7. The number of nitrogens with two attached hydrogens (primary N) is 1. The molecular formula is C18H28N2O2. The van der Waals surface area contributed by atoms with Crippen LogP contribution in [0, 0.1) is 0 Å². The zero-order chi connectivity index (χ0) is 15.8. The Labute approximate surface area is 133 Å².